The molecule has 0 unspecified atom stereocenters. The molecule has 0 radical (unpaired) electrons. The van der Waals surface area contributed by atoms with E-state index < -0.39 is 0 Å². The van der Waals surface area contributed by atoms with Gasteiger partial charge in [0.25, 0.3) is 0 Å². The molecule has 1 fully saturated rings. The number of aryl methyl sites for hydroxylation is 1. The molecular weight excluding hydrogens is 228 g/mol. The molecule has 0 saturated heterocycles. The van der Waals surface area contributed by atoms with Crippen LogP contribution in [0.5, 0.6) is 0 Å². The van der Waals surface area contributed by atoms with Gasteiger partial charge in [0.2, 0.25) is 0 Å². The van der Waals surface area contributed by atoms with Crippen molar-refractivity contribution >= 4 is 0 Å². The third kappa shape index (κ3) is 8.86. The van der Waals surface area contributed by atoms with Crippen molar-refractivity contribution in [2.45, 2.75) is 86.5 Å². The van der Waals surface area contributed by atoms with Crippen LogP contribution >= 0.6 is 0 Å². The second kappa shape index (κ2) is 13.6. The quantitative estimate of drug-likeness (QED) is 0.545. The molecule has 0 N–H and O–H groups in total. The molecule has 19 heavy (non-hydrogen) atoms. The summed E-state index contributed by atoms with van der Waals surface area (Å²) in [5.41, 5.74) is 2.91. The smallest absolute Gasteiger partial charge is 0.0162 e. The molecule has 0 atom stereocenters. The van der Waals surface area contributed by atoms with Gasteiger partial charge in [0.1, 0.15) is 0 Å². The highest BCUT2D eigenvalue weighted by molar-refractivity contribution is 5.25. The molecule has 0 aliphatic heterocycles. The van der Waals surface area contributed by atoms with Crippen LogP contribution in [0.3, 0.4) is 0 Å². The molecule has 0 heteroatoms. The largest absolute Gasteiger partial charge is 0.0776 e. The third-order valence-electron chi connectivity index (χ3n) is 3.36. The fraction of sp³-hybridized carbons (Fsp3) is 0.684. The molecule has 1 aliphatic carbocycles. The minimum absolute atomic E-state index is 0. The van der Waals surface area contributed by atoms with Gasteiger partial charge >= 0.3 is 0 Å². The Balaban J connectivity index is 0. The Kier molecular flexibility index (Phi) is 14.8. The van der Waals surface area contributed by atoms with Crippen LogP contribution < -0.4 is 0 Å². The first-order valence-corrected chi connectivity index (χ1v) is 7.84. The van der Waals surface area contributed by atoms with Crippen LogP contribution in [-0.2, 0) is 0 Å². The molecule has 112 valence electrons. The SMILES string of the molecule is C.CC.CCCCC.Cc1ccc(C2CCC2)cc1. The first-order valence-electron chi connectivity index (χ1n) is 7.84. The van der Waals surface area contributed by atoms with Gasteiger partial charge in [0.15, 0.2) is 0 Å². The second-order valence-corrected chi connectivity index (χ2v) is 4.89. The van der Waals surface area contributed by atoms with Gasteiger partial charge in [-0.15, -0.1) is 0 Å². The number of unbranched alkanes of at least 4 members (excludes halogenated alkanes) is 2. The van der Waals surface area contributed by atoms with E-state index >= 15 is 0 Å². The molecule has 0 amide bonds. The van der Waals surface area contributed by atoms with Gasteiger partial charge in [-0.05, 0) is 31.2 Å². The lowest BCUT2D eigenvalue weighted by atomic mass is 9.80. The highest BCUT2D eigenvalue weighted by Crippen LogP contribution is 2.36. The average Bonchev–Trinajstić information content (AvgIpc) is 2.34. The molecule has 2 rings (SSSR count). The van der Waals surface area contributed by atoms with E-state index in [1.807, 2.05) is 13.8 Å². The summed E-state index contributed by atoms with van der Waals surface area (Å²) in [6.45, 7) is 10.6. The van der Waals surface area contributed by atoms with Crippen molar-refractivity contribution in [3.8, 4) is 0 Å². The predicted octanol–water partition coefficient (Wildman–Crippen LogP) is 7.12. The van der Waals surface area contributed by atoms with Crippen LogP contribution in [0.2, 0.25) is 0 Å². The summed E-state index contributed by atoms with van der Waals surface area (Å²) in [6, 6.07) is 8.99. The number of hydrogen-bond donors (Lipinski definition) is 0. The molecule has 0 nitrogen and oxygen atoms in total. The van der Waals surface area contributed by atoms with Crippen molar-refractivity contribution in [3.63, 3.8) is 0 Å². The lowest BCUT2D eigenvalue weighted by molar-refractivity contribution is 0.420. The highest BCUT2D eigenvalue weighted by atomic mass is 14.2. The fourth-order valence-corrected chi connectivity index (χ4v) is 1.93. The minimum atomic E-state index is 0. The van der Waals surface area contributed by atoms with E-state index in [9.17, 15) is 0 Å². The summed E-state index contributed by atoms with van der Waals surface area (Å²) in [4.78, 5) is 0. The van der Waals surface area contributed by atoms with Gasteiger partial charge in [0.05, 0.1) is 0 Å². The van der Waals surface area contributed by atoms with Gasteiger partial charge in [-0.2, -0.15) is 0 Å². The zero-order valence-corrected chi connectivity index (χ0v) is 13.1. The lowest BCUT2D eigenvalue weighted by Crippen LogP contribution is -2.08. The van der Waals surface area contributed by atoms with Crippen molar-refractivity contribution in [3.05, 3.63) is 35.4 Å². The van der Waals surface area contributed by atoms with Crippen molar-refractivity contribution in [2.75, 3.05) is 0 Å². The highest BCUT2D eigenvalue weighted by Gasteiger charge is 2.18. The van der Waals surface area contributed by atoms with E-state index in [1.54, 1.807) is 5.56 Å². The second-order valence-electron chi connectivity index (χ2n) is 4.89. The fourth-order valence-electron chi connectivity index (χ4n) is 1.93. The molecule has 1 aliphatic rings. The van der Waals surface area contributed by atoms with Crippen LogP contribution in [0.25, 0.3) is 0 Å². The summed E-state index contributed by atoms with van der Waals surface area (Å²) in [7, 11) is 0. The Bertz CT molecular complexity index is 265. The summed E-state index contributed by atoms with van der Waals surface area (Å²) in [6.07, 6.45) is 8.32. The topological polar surface area (TPSA) is 0 Å². The van der Waals surface area contributed by atoms with E-state index in [4.69, 9.17) is 0 Å². The molecule has 1 aromatic carbocycles. The molecule has 0 bridgehead atoms. The Morgan fingerprint density at radius 2 is 1.42 bits per heavy atom. The number of rotatable bonds is 3. The monoisotopic (exact) mass is 264 g/mol. The number of hydrogen-bond acceptors (Lipinski definition) is 0. The van der Waals surface area contributed by atoms with Crippen molar-refractivity contribution in [1.82, 2.24) is 0 Å². The summed E-state index contributed by atoms with van der Waals surface area (Å²) in [5.74, 6) is 0.885. The van der Waals surface area contributed by atoms with Gasteiger partial charge < -0.3 is 0 Å². The van der Waals surface area contributed by atoms with E-state index in [0.29, 0.717) is 0 Å². The zero-order chi connectivity index (χ0) is 13.8. The summed E-state index contributed by atoms with van der Waals surface area (Å²) >= 11 is 0. The van der Waals surface area contributed by atoms with Gasteiger partial charge in [-0.3, -0.25) is 0 Å². The summed E-state index contributed by atoms with van der Waals surface area (Å²) < 4.78 is 0. The summed E-state index contributed by atoms with van der Waals surface area (Å²) in [5, 5.41) is 0. The van der Waals surface area contributed by atoms with Gasteiger partial charge in [0, 0.05) is 0 Å². The van der Waals surface area contributed by atoms with Crippen molar-refractivity contribution < 1.29 is 0 Å². The van der Waals surface area contributed by atoms with E-state index in [-0.39, 0.29) is 7.43 Å². The lowest BCUT2D eigenvalue weighted by Gasteiger charge is -2.25. The molecule has 1 saturated carbocycles. The first-order chi connectivity index (χ1) is 8.77. The Morgan fingerprint density at radius 1 is 0.947 bits per heavy atom. The zero-order valence-electron chi connectivity index (χ0n) is 13.1. The van der Waals surface area contributed by atoms with Crippen LogP contribution in [0.15, 0.2) is 24.3 Å². The maximum atomic E-state index is 2.28. The molecule has 1 aromatic rings. The normalized spacial score (nSPS) is 12.9. The Labute approximate surface area is 122 Å². The molecule has 0 aromatic heterocycles. The molecule has 0 heterocycles. The Hall–Kier alpha value is -0.780. The maximum Gasteiger partial charge on any atom is -0.0162 e. The van der Waals surface area contributed by atoms with E-state index in [2.05, 4.69) is 45.0 Å². The molecular formula is C19H36. The Morgan fingerprint density at radius 3 is 1.68 bits per heavy atom. The third-order valence-corrected chi connectivity index (χ3v) is 3.36. The maximum absolute atomic E-state index is 2.28. The molecule has 0 spiro atoms. The van der Waals surface area contributed by atoms with Crippen LogP contribution in [0.4, 0.5) is 0 Å². The van der Waals surface area contributed by atoms with E-state index in [0.717, 1.165) is 5.92 Å². The van der Waals surface area contributed by atoms with E-state index in [1.165, 1.54) is 44.1 Å². The first kappa shape index (κ1) is 20.5. The minimum Gasteiger partial charge on any atom is -0.0776 e. The van der Waals surface area contributed by atoms with Crippen molar-refractivity contribution in [2.24, 2.45) is 0 Å². The van der Waals surface area contributed by atoms with Crippen LogP contribution in [-0.4, -0.2) is 0 Å². The predicted molar refractivity (Wildman–Crippen MR) is 91.0 cm³/mol. The van der Waals surface area contributed by atoms with Crippen LogP contribution in [0.1, 0.15) is 90.7 Å². The standard InChI is InChI=1S/C11H14.C5H12.C2H6.CH4/c1-9-5-7-11(8-6-9)10-3-2-4-10;1-3-5-4-2;1-2;/h5-8,10H,2-4H2,1H3;3-5H2,1-2H3;1-2H3;1H4. The van der Waals surface area contributed by atoms with Crippen LogP contribution in [0, 0.1) is 6.92 Å². The van der Waals surface area contributed by atoms with Crippen molar-refractivity contribution in [1.29, 1.82) is 0 Å². The van der Waals surface area contributed by atoms with Gasteiger partial charge in [-0.1, -0.05) is 90.6 Å². The van der Waals surface area contributed by atoms with Gasteiger partial charge in [-0.25, -0.2) is 0 Å². The number of benzene rings is 1. The average molecular weight is 264 g/mol.